The van der Waals surface area contributed by atoms with Gasteiger partial charge in [0.15, 0.2) is 0 Å². The predicted molar refractivity (Wildman–Crippen MR) is 79.2 cm³/mol. The number of fused-ring (bicyclic) bond motifs is 1. The number of aliphatic carboxylic acids is 1. The lowest BCUT2D eigenvalue weighted by molar-refractivity contribution is -0.149. The Labute approximate surface area is 124 Å². The highest BCUT2D eigenvalue weighted by molar-refractivity contribution is 5.96. The molecule has 0 radical (unpaired) electrons. The van der Waals surface area contributed by atoms with E-state index in [9.17, 15) is 14.7 Å². The van der Waals surface area contributed by atoms with Gasteiger partial charge in [0.1, 0.15) is 0 Å². The third-order valence-electron chi connectivity index (χ3n) is 5.42. The molecule has 112 valence electrons. The highest BCUT2D eigenvalue weighted by atomic mass is 16.4. The Balaban J connectivity index is 1.88. The second-order valence-corrected chi connectivity index (χ2v) is 6.48. The molecule has 4 nitrogen and oxygen atoms in total. The maximum Gasteiger partial charge on any atom is 0.311 e. The quantitative estimate of drug-likeness (QED) is 0.909. The molecule has 4 heteroatoms. The fraction of sp³-hybridized carbons (Fsp3) is 0.529. The molecule has 1 saturated carbocycles. The van der Waals surface area contributed by atoms with Crippen LogP contribution in [0.5, 0.6) is 0 Å². The van der Waals surface area contributed by atoms with Crippen LogP contribution in [0.1, 0.15) is 40.7 Å². The van der Waals surface area contributed by atoms with Gasteiger partial charge in [-0.3, -0.25) is 9.59 Å². The Morgan fingerprint density at radius 2 is 2.10 bits per heavy atom. The maximum atomic E-state index is 12.7. The van der Waals surface area contributed by atoms with Gasteiger partial charge in [-0.05, 0) is 49.8 Å². The van der Waals surface area contributed by atoms with Crippen molar-refractivity contribution in [1.29, 1.82) is 0 Å². The molecule has 1 heterocycles. The molecule has 3 rings (SSSR count). The van der Waals surface area contributed by atoms with E-state index in [1.165, 1.54) is 0 Å². The summed E-state index contributed by atoms with van der Waals surface area (Å²) in [7, 11) is 0. The van der Waals surface area contributed by atoms with E-state index in [4.69, 9.17) is 0 Å². The summed E-state index contributed by atoms with van der Waals surface area (Å²) in [5.74, 6) is -0.642. The molecule has 21 heavy (non-hydrogen) atoms. The summed E-state index contributed by atoms with van der Waals surface area (Å²) in [6.07, 6.45) is 2.58. The highest BCUT2D eigenvalue weighted by Gasteiger charge is 2.55. The van der Waals surface area contributed by atoms with Crippen LogP contribution in [0.2, 0.25) is 0 Å². The summed E-state index contributed by atoms with van der Waals surface area (Å²) in [5, 5.41) is 9.61. The van der Waals surface area contributed by atoms with Crippen LogP contribution >= 0.6 is 0 Å². The zero-order valence-electron chi connectivity index (χ0n) is 12.6. The fourth-order valence-corrected chi connectivity index (χ4v) is 3.95. The molecule has 0 unspecified atom stereocenters. The van der Waals surface area contributed by atoms with Crippen molar-refractivity contribution >= 4 is 11.9 Å². The standard InChI is InChI=1S/C17H21NO3/c1-11-5-3-7-14(12(11)2)15(19)18-9-13-6-4-8-17(13,10-18)16(20)21/h3,5,7,13H,4,6,8-10H2,1-2H3,(H,20,21)/t13-,17+/m0/s1. The largest absolute Gasteiger partial charge is 0.481 e. The molecule has 2 atom stereocenters. The van der Waals surface area contributed by atoms with E-state index in [1.54, 1.807) is 4.90 Å². The average molecular weight is 287 g/mol. The summed E-state index contributed by atoms with van der Waals surface area (Å²) >= 11 is 0. The molecule has 2 fully saturated rings. The van der Waals surface area contributed by atoms with Crippen LogP contribution in [0.15, 0.2) is 18.2 Å². The summed E-state index contributed by atoms with van der Waals surface area (Å²) in [5.41, 5.74) is 2.08. The van der Waals surface area contributed by atoms with Crippen LogP contribution < -0.4 is 0 Å². The van der Waals surface area contributed by atoms with Gasteiger partial charge in [0.2, 0.25) is 0 Å². The first-order chi connectivity index (χ1) is 9.95. The lowest BCUT2D eigenvalue weighted by atomic mass is 9.81. The van der Waals surface area contributed by atoms with Gasteiger partial charge in [0.05, 0.1) is 5.41 Å². The topological polar surface area (TPSA) is 57.6 Å². The number of carboxylic acids is 1. The van der Waals surface area contributed by atoms with Crippen molar-refractivity contribution in [3.05, 3.63) is 34.9 Å². The monoisotopic (exact) mass is 287 g/mol. The van der Waals surface area contributed by atoms with Crippen molar-refractivity contribution in [2.75, 3.05) is 13.1 Å². The van der Waals surface area contributed by atoms with Gasteiger partial charge in [-0.15, -0.1) is 0 Å². The van der Waals surface area contributed by atoms with E-state index < -0.39 is 11.4 Å². The number of rotatable bonds is 2. The molecule has 2 aliphatic rings. The van der Waals surface area contributed by atoms with E-state index in [-0.39, 0.29) is 11.8 Å². The summed E-state index contributed by atoms with van der Waals surface area (Å²) in [4.78, 5) is 26.2. The molecule has 0 bridgehead atoms. The minimum Gasteiger partial charge on any atom is -0.481 e. The van der Waals surface area contributed by atoms with Crippen LogP contribution in [0, 0.1) is 25.2 Å². The predicted octanol–water partition coefficient (Wildman–Crippen LogP) is 2.63. The smallest absolute Gasteiger partial charge is 0.311 e. The zero-order chi connectivity index (χ0) is 15.2. The first-order valence-corrected chi connectivity index (χ1v) is 7.54. The molecule has 1 aliphatic carbocycles. The van der Waals surface area contributed by atoms with Gasteiger partial charge in [0, 0.05) is 18.7 Å². The zero-order valence-corrected chi connectivity index (χ0v) is 12.6. The second kappa shape index (κ2) is 4.86. The van der Waals surface area contributed by atoms with Crippen molar-refractivity contribution in [2.45, 2.75) is 33.1 Å². The number of carbonyl (C=O) groups is 2. The number of amides is 1. The molecule has 0 aromatic heterocycles. The van der Waals surface area contributed by atoms with Crippen molar-refractivity contribution in [2.24, 2.45) is 11.3 Å². The summed E-state index contributed by atoms with van der Waals surface area (Å²) in [6, 6.07) is 5.72. The number of nitrogens with zero attached hydrogens (tertiary/aromatic N) is 1. The van der Waals surface area contributed by atoms with Crippen LogP contribution in [0.25, 0.3) is 0 Å². The van der Waals surface area contributed by atoms with Crippen molar-refractivity contribution in [3.8, 4) is 0 Å². The fourth-order valence-electron chi connectivity index (χ4n) is 3.95. The molecular weight excluding hydrogens is 266 g/mol. The number of likely N-dealkylation sites (tertiary alicyclic amines) is 1. The Bertz CT molecular complexity index is 610. The minimum absolute atomic E-state index is 0.0220. The lowest BCUT2D eigenvalue weighted by Crippen LogP contribution is -2.37. The van der Waals surface area contributed by atoms with Gasteiger partial charge in [-0.1, -0.05) is 18.6 Å². The van der Waals surface area contributed by atoms with Gasteiger partial charge in [-0.2, -0.15) is 0 Å². The molecule has 1 amide bonds. The van der Waals surface area contributed by atoms with Gasteiger partial charge in [0.25, 0.3) is 5.91 Å². The molecule has 0 spiro atoms. The molecule has 1 aromatic carbocycles. The first-order valence-electron chi connectivity index (χ1n) is 7.54. The van der Waals surface area contributed by atoms with E-state index in [0.29, 0.717) is 25.1 Å². The van der Waals surface area contributed by atoms with Gasteiger partial charge in [-0.25, -0.2) is 0 Å². The average Bonchev–Trinajstić information content (AvgIpc) is 2.98. The number of aryl methyl sites for hydroxylation is 1. The molecule has 1 aromatic rings. The van der Waals surface area contributed by atoms with E-state index in [0.717, 1.165) is 24.0 Å². The number of hydrogen-bond donors (Lipinski definition) is 1. The molecular formula is C17H21NO3. The molecule has 1 saturated heterocycles. The lowest BCUT2D eigenvalue weighted by Gasteiger charge is -2.23. The Morgan fingerprint density at radius 1 is 1.33 bits per heavy atom. The number of benzene rings is 1. The highest BCUT2D eigenvalue weighted by Crippen LogP contribution is 2.49. The number of hydrogen-bond acceptors (Lipinski definition) is 2. The second-order valence-electron chi connectivity index (χ2n) is 6.48. The Kier molecular flexibility index (Phi) is 3.27. The third-order valence-corrected chi connectivity index (χ3v) is 5.42. The Hall–Kier alpha value is -1.84. The van der Waals surface area contributed by atoms with Crippen molar-refractivity contribution in [3.63, 3.8) is 0 Å². The normalized spacial score (nSPS) is 27.7. The first kappa shape index (κ1) is 14.1. The van der Waals surface area contributed by atoms with E-state index in [2.05, 4.69) is 0 Å². The van der Waals surface area contributed by atoms with Crippen LogP contribution in [-0.4, -0.2) is 35.0 Å². The van der Waals surface area contributed by atoms with Crippen LogP contribution in [0.3, 0.4) is 0 Å². The summed E-state index contributed by atoms with van der Waals surface area (Å²) in [6.45, 7) is 4.88. The Morgan fingerprint density at radius 3 is 2.76 bits per heavy atom. The maximum absolute atomic E-state index is 12.7. The van der Waals surface area contributed by atoms with Crippen molar-refractivity contribution < 1.29 is 14.7 Å². The van der Waals surface area contributed by atoms with E-state index in [1.807, 2.05) is 32.0 Å². The molecule has 1 aliphatic heterocycles. The molecule has 1 N–H and O–H groups in total. The van der Waals surface area contributed by atoms with Gasteiger partial charge < -0.3 is 10.0 Å². The van der Waals surface area contributed by atoms with Crippen LogP contribution in [0.4, 0.5) is 0 Å². The van der Waals surface area contributed by atoms with Crippen molar-refractivity contribution in [1.82, 2.24) is 4.90 Å². The third kappa shape index (κ3) is 2.04. The van der Waals surface area contributed by atoms with Gasteiger partial charge >= 0.3 is 5.97 Å². The van der Waals surface area contributed by atoms with Crippen LogP contribution in [-0.2, 0) is 4.79 Å². The number of carbonyl (C=O) groups excluding carboxylic acids is 1. The SMILES string of the molecule is Cc1cccc(C(=O)N2C[C@@H]3CCC[C@@]3(C(=O)O)C2)c1C. The van der Waals surface area contributed by atoms with E-state index >= 15 is 0 Å². The number of carboxylic acid groups (broad SMARTS) is 1. The minimum atomic E-state index is -0.735. The summed E-state index contributed by atoms with van der Waals surface area (Å²) < 4.78 is 0.